The number of alkyl halides is 1. The smallest absolute Gasteiger partial charge is 0.0768 e. The standard InChI is InChI=1S/C11H14ClN/c1-9(11(2,3)12)13-10-7-5-4-6-8-10/h4-8H,1-3H3. The Morgan fingerprint density at radius 2 is 1.77 bits per heavy atom. The van der Waals surface area contributed by atoms with Crippen molar-refractivity contribution < 1.29 is 0 Å². The van der Waals surface area contributed by atoms with Crippen LogP contribution in [0.1, 0.15) is 20.8 Å². The molecule has 0 N–H and O–H groups in total. The maximum atomic E-state index is 6.10. The Balaban J connectivity index is 2.90. The van der Waals surface area contributed by atoms with Crippen molar-refractivity contribution in [2.24, 2.45) is 4.99 Å². The average molecular weight is 196 g/mol. The van der Waals surface area contributed by atoms with E-state index < -0.39 is 0 Å². The van der Waals surface area contributed by atoms with Crippen LogP contribution in [0.25, 0.3) is 0 Å². The van der Waals surface area contributed by atoms with E-state index >= 15 is 0 Å². The Hall–Kier alpha value is -0.820. The molecule has 13 heavy (non-hydrogen) atoms. The second-order valence-electron chi connectivity index (χ2n) is 3.51. The Morgan fingerprint density at radius 1 is 1.23 bits per heavy atom. The number of benzene rings is 1. The molecule has 0 aromatic heterocycles. The Morgan fingerprint density at radius 3 is 2.23 bits per heavy atom. The SMILES string of the molecule is CC(=Nc1ccccc1)C(C)(C)Cl. The first-order chi connectivity index (χ1) is 6.00. The maximum Gasteiger partial charge on any atom is 0.0768 e. The Bertz CT molecular complexity index is 296. The number of rotatable bonds is 2. The Labute approximate surface area is 84.5 Å². The van der Waals surface area contributed by atoms with Crippen LogP contribution >= 0.6 is 11.6 Å². The van der Waals surface area contributed by atoms with Gasteiger partial charge in [-0.05, 0) is 32.9 Å². The van der Waals surface area contributed by atoms with Crippen LogP contribution in [0, 0.1) is 0 Å². The molecule has 2 heteroatoms. The number of para-hydroxylation sites is 1. The predicted octanol–water partition coefficient (Wildman–Crippen LogP) is 3.80. The number of nitrogens with zero attached hydrogens (tertiary/aromatic N) is 1. The second kappa shape index (κ2) is 3.93. The summed E-state index contributed by atoms with van der Waals surface area (Å²) in [6.45, 7) is 5.83. The van der Waals surface area contributed by atoms with Crippen LogP contribution in [0.2, 0.25) is 0 Å². The third kappa shape index (κ3) is 3.19. The lowest BCUT2D eigenvalue weighted by atomic mass is 10.1. The quantitative estimate of drug-likeness (QED) is 0.503. The monoisotopic (exact) mass is 195 g/mol. The van der Waals surface area contributed by atoms with Gasteiger partial charge in [0.25, 0.3) is 0 Å². The van der Waals surface area contributed by atoms with Crippen LogP contribution < -0.4 is 0 Å². The molecule has 0 unspecified atom stereocenters. The fourth-order valence-electron chi connectivity index (χ4n) is 0.829. The van der Waals surface area contributed by atoms with Crippen LogP contribution in [0.15, 0.2) is 35.3 Å². The van der Waals surface area contributed by atoms with Crippen molar-refractivity contribution >= 4 is 23.0 Å². The van der Waals surface area contributed by atoms with Crippen LogP contribution in [-0.4, -0.2) is 10.6 Å². The van der Waals surface area contributed by atoms with Crippen LogP contribution in [0.3, 0.4) is 0 Å². The summed E-state index contributed by atoms with van der Waals surface area (Å²) >= 11 is 6.10. The van der Waals surface area contributed by atoms with Gasteiger partial charge in [0, 0.05) is 5.71 Å². The van der Waals surface area contributed by atoms with Gasteiger partial charge < -0.3 is 0 Å². The molecule has 0 saturated heterocycles. The third-order valence-electron chi connectivity index (χ3n) is 1.91. The summed E-state index contributed by atoms with van der Waals surface area (Å²) in [6.07, 6.45) is 0. The number of halogens is 1. The number of hydrogen-bond donors (Lipinski definition) is 0. The van der Waals surface area contributed by atoms with Crippen LogP contribution in [0.5, 0.6) is 0 Å². The number of hydrogen-bond acceptors (Lipinski definition) is 1. The zero-order valence-corrected chi connectivity index (χ0v) is 8.97. The highest BCUT2D eigenvalue weighted by molar-refractivity contribution is 6.35. The molecule has 0 fully saturated rings. The molecular formula is C11H14ClN. The molecule has 0 bridgehead atoms. The van der Waals surface area contributed by atoms with Gasteiger partial charge in [0.15, 0.2) is 0 Å². The lowest BCUT2D eigenvalue weighted by Crippen LogP contribution is -2.21. The lowest BCUT2D eigenvalue weighted by Gasteiger charge is -2.14. The second-order valence-corrected chi connectivity index (χ2v) is 4.45. The van der Waals surface area contributed by atoms with E-state index in [0.717, 1.165) is 11.4 Å². The summed E-state index contributed by atoms with van der Waals surface area (Å²) in [5.74, 6) is 0. The van der Waals surface area contributed by atoms with E-state index in [4.69, 9.17) is 11.6 Å². The third-order valence-corrected chi connectivity index (χ3v) is 2.19. The molecule has 0 spiro atoms. The molecule has 70 valence electrons. The molecule has 0 radical (unpaired) electrons. The molecule has 1 aromatic rings. The molecule has 1 aromatic carbocycles. The molecule has 0 amide bonds. The van der Waals surface area contributed by atoms with Gasteiger partial charge in [0.05, 0.1) is 10.6 Å². The highest BCUT2D eigenvalue weighted by atomic mass is 35.5. The normalized spacial score (nSPS) is 13.1. The zero-order valence-electron chi connectivity index (χ0n) is 8.21. The summed E-state index contributed by atoms with van der Waals surface area (Å²) < 4.78 is 0. The lowest BCUT2D eigenvalue weighted by molar-refractivity contribution is 0.927. The van der Waals surface area contributed by atoms with Crippen molar-refractivity contribution in [3.63, 3.8) is 0 Å². The van der Waals surface area contributed by atoms with E-state index in [0.29, 0.717) is 0 Å². The van der Waals surface area contributed by atoms with Crippen molar-refractivity contribution in [3.05, 3.63) is 30.3 Å². The minimum absolute atomic E-state index is 0.365. The molecular weight excluding hydrogens is 182 g/mol. The molecule has 0 aliphatic heterocycles. The van der Waals surface area contributed by atoms with E-state index in [2.05, 4.69) is 4.99 Å². The first-order valence-electron chi connectivity index (χ1n) is 4.30. The van der Waals surface area contributed by atoms with Crippen LogP contribution in [-0.2, 0) is 0 Å². The Kier molecular flexibility index (Phi) is 3.10. The van der Waals surface area contributed by atoms with Gasteiger partial charge in [-0.15, -0.1) is 11.6 Å². The first-order valence-corrected chi connectivity index (χ1v) is 4.67. The minimum atomic E-state index is -0.365. The fourth-order valence-corrected chi connectivity index (χ4v) is 0.871. The molecule has 1 rings (SSSR count). The van der Waals surface area contributed by atoms with Crippen molar-refractivity contribution in [3.8, 4) is 0 Å². The van der Waals surface area contributed by atoms with Gasteiger partial charge >= 0.3 is 0 Å². The molecule has 1 nitrogen and oxygen atoms in total. The van der Waals surface area contributed by atoms with Gasteiger partial charge in [-0.25, -0.2) is 0 Å². The van der Waals surface area contributed by atoms with E-state index in [9.17, 15) is 0 Å². The summed E-state index contributed by atoms with van der Waals surface area (Å²) in [5.41, 5.74) is 1.88. The molecule has 0 heterocycles. The zero-order chi connectivity index (χ0) is 9.90. The van der Waals surface area contributed by atoms with Gasteiger partial charge in [-0.3, -0.25) is 4.99 Å². The molecule has 0 saturated carbocycles. The number of aliphatic imine (C=N–C) groups is 1. The van der Waals surface area contributed by atoms with E-state index in [1.54, 1.807) is 0 Å². The van der Waals surface area contributed by atoms with Crippen LogP contribution in [0.4, 0.5) is 5.69 Å². The van der Waals surface area contributed by atoms with Gasteiger partial charge in [0.2, 0.25) is 0 Å². The highest BCUT2D eigenvalue weighted by Crippen LogP contribution is 2.19. The van der Waals surface area contributed by atoms with Crippen molar-refractivity contribution in [2.45, 2.75) is 25.6 Å². The predicted molar refractivity (Wildman–Crippen MR) is 59.1 cm³/mol. The van der Waals surface area contributed by atoms with Crippen molar-refractivity contribution in [1.82, 2.24) is 0 Å². The minimum Gasteiger partial charge on any atom is -0.256 e. The molecule has 0 aliphatic carbocycles. The summed E-state index contributed by atoms with van der Waals surface area (Å²) in [7, 11) is 0. The van der Waals surface area contributed by atoms with Crippen molar-refractivity contribution in [1.29, 1.82) is 0 Å². The van der Waals surface area contributed by atoms with Gasteiger partial charge in [-0.2, -0.15) is 0 Å². The fraction of sp³-hybridized carbons (Fsp3) is 0.364. The van der Waals surface area contributed by atoms with E-state index in [1.807, 2.05) is 51.1 Å². The van der Waals surface area contributed by atoms with Crippen molar-refractivity contribution in [2.75, 3.05) is 0 Å². The maximum absolute atomic E-state index is 6.10. The first kappa shape index (κ1) is 10.3. The average Bonchev–Trinajstić information content (AvgIpc) is 2.04. The summed E-state index contributed by atoms with van der Waals surface area (Å²) in [5, 5.41) is 0. The van der Waals surface area contributed by atoms with Gasteiger partial charge in [-0.1, -0.05) is 18.2 Å². The highest BCUT2D eigenvalue weighted by Gasteiger charge is 2.16. The molecule has 0 aliphatic rings. The van der Waals surface area contributed by atoms with E-state index in [-0.39, 0.29) is 4.87 Å². The summed E-state index contributed by atoms with van der Waals surface area (Å²) in [4.78, 5) is 4.05. The largest absolute Gasteiger partial charge is 0.256 e. The summed E-state index contributed by atoms with van der Waals surface area (Å²) in [6, 6.07) is 9.83. The van der Waals surface area contributed by atoms with Gasteiger partial charge in [0.1, 0.15) is 0 Å². The molecule has 0 atom stereocenters. The van der Waals surface area contributed by atoms with E-state index in [1.165, 1.54) is 0 Å². The topological polar surface area (TPSA) is 12.4 Å².